The van der Waals surface area contributed by atoms with Crippen molar-refractivity contribution >= 4 is 40.3 Å². The second kappa shape index (κ2) is 7.87. The van der Waals surface area contributed by atoms with Gasteiger partial charge in [0.15, 0.2) is 0 Å². The number of hydrogen-bond donors (Lipinski definition) is 2. The molecule has 3 aliphatic rings. The van der Waals surface area contributed by atoms with Gasteiger partial charge in [-0.15, -0.1) is 0 Å². The summed E-state index contributed by atoms with van der Waals surface area (Å²) < 4.78 is 0.810. The van der Waals surface area contributed by atoms with E-state index in [9.17, 15) is 14.4 Å². The fourth-order valence-electron chi connectivity index (χ4n) is 4.26. The zero-order valence-electron chi connectivity index (χ0n) is 15.2. The van der Waals surface area contributed by atoms with Gasteiger partial charge < -0.3 is 10.2 Å². The Bertz CT molecular complexity index is 774. The molecular weight excluding hydrogens is 457 g/mol. The van der Waals surface area contributed by atoms with Crippen molar-refractivity contribution in [2.45, 2.75) is 67.6 Å². The monoisotopic (exact) mass is 481 g/mol. The number of alkyl halides is 1. The first-order chi connectivity index (χ1) is 13.0. The molecule has 2 fully saturated rings. The third kappa shape index (κ3) is 4.03. The van der Waals surface area contributed by atoms with Gasteiger partial charge in [0.1, 0.15) is 6.04 Å². The van der Waals surface area contributed by atoms with Gasteiger partial charge in [-0.3, -0.25) is 19.7 Å². The molecule has 1 unspecified atom stereocenters. The van der Waals surface area contributed by atoms with Gasteiger partial charge in [-0.1, -0.05) is 34.7 Å². The van der Waals surface area contributed by atoms with E-state index in [0.717, 1.165) is 16.0 Å². The van der Waals surface area contributed by atoms with Gasteiger partial charge in [-0.2, -0.15) is 0 Å². The Balaban J connectivity index is 1.40. The maximum absolute atomic E-state index is 12.7. The van der Waals surface area contributed by atoms with Gasteiger partial charge in [0, 0.05) is 35.0 Å². The molecule has 7 heteroatoms. The summed E-state index contributed by atoms with van der Waals surface area (Å²) in [5.41, 5.74) is 2.82. The number of benzene rings is 1. The number of carbonyl (C=O) groups excluding carboxylic acids is 3. The van der Waals surface area contributed by atoms with E-state index in [1.165, 1.54) is 31.2 Å². The van der Waals surface area contributed by atoms with Crippen LogP contribution in [-0.4, -0.2) is 38.6 Å². The highest BCUT2D eigenvalue weighted by atomic mass is 127. The van der Waals surface area contributed by atoms with E-state index in [1.54, 1.807) is 4.90 Å². The molecule has 1 aromatic rings. The number of halogens is 1. The molecule has 1 aromatic carbocycles. The van der Waals surface area contributed by atoms with E-state index < -0.39 is 6.04 Å². The number of hydrogen-bond acceptors (Lipinski definition) is 4. The molecule has 2 aliphatic heterocycles. The lowest BCUT2D eigenvalue weighted by Gasteiger charge is -2.29. The van der Waals surface area contributed by atoms with Crippen LogP contribution in [0.25, 0.3) is 0 Å². The molecule has 2 N–H and O–H groups in total. The molecule has 0 radical (unpaired) electrons. The van der Waals surface area contributed by atoms with Crippen molar-refractivity contribution in [3.63, 3.8) is 0 Å². The van der Waals surface area contributed by atoms with Crippen LogP contribution in [0.2, 0.25) is 0 Å². The van der Waals surface area contributed by atoms with Crippen molar-refractivity contribution in [2.24, 2.45) is 0 Å². The zero-order valence-corrected chi connectivity index (χ0v) is 17.3. The van der Waals surface area contributed by atoms with Crippen molar-refractivity contribution in [2.75, 3.05) is 0 Å². The van der Waals surface area contributed by atoms with Crippen LogP contribution in [-0.2, 0) is 22.7 Å². The molecule has 6 nitrogen and oxygen atoms in total. The van der Waals surface area contributed by atoms with Gasteiger partial charge in [0.25, 0.3) is 5.91 Å². The number of fused-ring (bicyclic) bond motifs is 1. The molecule has 4 rings (SSSR count). The Hall–Kier alpha value is -1.48. The Labute approximate surface area is 172 Å². The van der Waals surface area contributed by atoms with E-state index in [1.807, 2.05) is 12.1 Å². The first-order valence-electron chi connectivity index (χ1n) is 9.65. The number of nitrogens with zero attached hydrogens (tertiary/aromatic N) is 1. The summed E-state index contributed by atoms with van der Waals surface area (Å²) in [6.07, 6.45) is 5.68. The Morgan fingerprint density at radius 1 is 1.11 bits per heavy atom. The average Bonchev–Trinajstić information content (AvgIpc) is 2.97. The second-order valence-corrected chi connectivity index (χ2v) is 9.48. The van der Waals surface area contributed by atoms with Gasteiger partial charge in [0.05, 0.1) is 0 Å². The minimum Gasteiger partial charge on any atom is -0.322 e. The van der Waals surface area contributed by atoms with Crippen LogP contribution in [0.15, 0.2) is 18.2 Å². The molecule has 1 atom stereocenters. The highest BCUT2D eigenvalue weighted by molar-refractivity contribution is 14.1. The summed E-state index contributed by atoms with van der Waals surface area (Å²) in [6.45, 7) is 1.24. The highest BCUT2D eigenvalue weighted by Crippen LogP contribution is 2.29. The Morgan fingerprint density at radius 3 is 2.63 bits per heavy atom. The van der Waals surface area contributed by atoms with Crippen LogP contribution in [0, 0.1) is 0 Å². The number of amides is 3. The van der Waals surface area contributed by atoms with E-state index in [0.29, 0.717) is 24.6 Å². The Morgan fingerprint density at radius 2 is 1.89 bits per heavy atom. The lowest BCUT2D eigenvalue weighted by Crippen LogP contribution is -2.52. The third-order valence-corrected chi connectivity index (χ3v) is 7.09. The van der Waals surface area contributed by atoms with Crippen molar-refractivity contribution in [1.29, 1.82) is 0 Å². The van der Waals surface area contributed by atoms with Crippen LogP contribution < -0.4 is 10.6 Å². The molecule has 3 amide bonds. The molecule has 0 spiro atoms. The molecule has 1 aliphatic carbocycles. The zero-order chi connectivity index (χ0) is 19.0. The summed E-state index contributed by atoms with van der Waals surface area (Å²) in [6, 6.07) is 5.98. The topological polar surface area (TPSA) is 78.5 Å². The summed E-state index contributed by atoms with van der Waals surface area (Å²) in [7, 11) is 0. The van der Waals surface area contributed by atoms with Gasteiger partial charge in [0.2, 0.25) is 11.8 Å². The van der Waals surface area contributed by atoms with E-state index >= 15 is 0 Å². The van der Waals surface area contributed by atoms with Crippen LogP contribution in [0.1, 0.15) is 60.0 Å². The minimum absolute atomic E-state index is 0.112. The molecule has 144 valence electrons. The lowest BCUT2D eigenvalue weighted by molar-refractivity contribution is -0.136. The summed E-state index contributed by atoms with van der Waals surface area (Å²) in [5, 5.41) is 5.99. The van der Waals surface area contributed by atoms with Crippen LogP contribution in [0.3, 0.4) is 0 Å². The average molecular weight is 481 g/mol. The molecule has 27 heavy (non-hydrogen) atoms. The summed E-state index contributed by atoms with van der Waals surface area (Å²) in [5.74, 6) is -0.732. The molecular formula is C20H24IN3O3. The maximum atomic E-state index is 12.7. The molecule has 0 aromatic heterocycles. The first-order valence-corrected chi connectivity index (χ1v) is 10.9. The fraction of sp³-hybridized carbons (Fsp3) is 0.550. The molecule has 0 bridgehead atoms. The van der Waals surface area contributed by atoms with Crippen molar-refractivity contribution in [1.82, 2.24) is 15.5 Å². The van der Waals surface area contributed by atoms with Gasteiger partial charge >= 0.3 is 0 Å². The molecule has 1 saturated carbocycles. The number of rotatable bonds is 4. The standard InChI is InChI=1S/C20H24IN3O3/c21-14-2-4-15(5-3-14)22-10-12-1-6-16-13(9-12)11-24(20(16)27)17-7-8-18(25)23-19(17)26/h1,6,9,14-15,17,22H,2-5,7-8,10-11H2,(H,23,25,26). The predicted molar refractivity (Wildman–Crippen MR) is 109 cm³/mol. The van der Waals surface area contributed by atoms with E-state index in [2.05, 4.69) is 39.3 Å². The van der Waals surface area contributed by atoms with Gasteiger partial charge in [-0.05, 0) is 49.3 Å². The second-order valence-electron chi connectivity index (χ2n) is 7.72. The van der Waals surface area contributed by atoms with Crippen LogP contribution in [0.4, 0.5) is 0 Å². The largest absolute Gasteiger partial charge is 0.322 e. The molecule has 1 saturated heterocycles. The quantitative estimate of drug-likeness (QED) is 0.393. The highest BCUT2D eigenvalue weighted by Gasteiger charge is 2.39. The van der Waals surface area contributed by atoms with Crippen molar-refractivity contribution < 1.29 is 14.4 Å². The van der Waals surface area contributed by atoms with Crippen molar-refractivity contribution in [3.05, 3.63) is 34.9 Å². The Kier molecular flexibility index (Phi) is 5.50. The SMILES string of the molecule is O=C1CCC(N2Cc3cc(CNC4CCC(I)CC4)ccc3C2=O)C(=O)N1. The number of piperidine rings is 1. The lowest BCUT2D eigenvalue weighted by atomic mass is 9.95. The fourth-order valence-corrected chi connectivity index (χ4v) is 4.98. The summed E-state index contributed by atoms with van der Waals surface area (Å²) in [4.78, 5) is 37.8. The maximum Gasteiger partial charge on any atom is 0.255 e. The number of nitrogens with one attached hydrogen (secondary N) is 2. The molecule has 2 heterocycles. The normalized spacial score (nSPS) is 28.3. The van der Waals surface area contributed by atoms with Gasteiger partial charge in [-0.25, -0.2) is 0 Å². The van der Waals surface area contributed by atoms with E-state index in [4.69, 9.17) is 0 Å². The van der Waals surface area contributed by atoms with E-state index in [-0.39, 0.29) is 24.1 Å². The predicted octanol–water partition coefficient (Wildman–Crippen LogP) is 2.28. The smallest absolute Gasteiger partial charge is 0.255 e. The van der Waals surface area contributed by atoms with Crippen molar-refractivity contribution in [3.8, 4) is 0 Å². The van der Waals surface area contributed by atoms with Crippen LogP contribution >= 0.6 is 22.6 Å². The minimum atomic E-state index is -0.548. The first kappa shape index (κ1) is 18.9. The third-order valence-electron chi connectivity index (χ3n) is 5.84. The van der Waals surface area contributed by atoms with Crippen LogP contribution in [0.5, 0.6) is 0 Å². The number of imide groups is 1. The summed E-state index contributed by atoms with van der Waals surface area (Å²) >= 11 is 2.54. The number of carbonyl (C=O) groups is 3.